The molecule has 0 aromatic heterocycles. The minimum Gasteiger partial charge on any atom is -0.482 e. The van der Waals surface area contributed by atoms with Crippen LogP contribution in [-0.4, -0.2) is 54.9 Å². The van der Waals surface area contributed by atoms with Crippen LogP contribution in [-0.2, 0) is 14.3 Å². The number of hydrogen-bond donors (Lipinski definition) is 2. The molecule has 0 saturated carbocycles. The Labute approximate surface area is 146 Å². The van der Waals surface area contributed by atoms with E-state index in [1.54, 1.807) is 20.8 Å². The number of methoxy groups -OCH3 is 1. The third-order valence-corrected chi connectivity index (χ3v) is 2.84. The van der Waals surface area contributed by atoms with Gasteiger partial charge in [0, 0.05) is 12.7 Å². The van der Waals surface area contributed by atoms with Crippen LogP contribution in [0.5, 0.6) is 5.75 Å². The number of rotatable bonds is 8. The molecule has 0 bridgehead atoms. The van der Waals surface area contributed by atoms with E-state index in [0.29, 0.717) is 11.3 Å². The summed E-state index contributed by atoms with van der Waals surface area (Å²) in [5.41, 5.74) is -0.366. The lowest BCUT2D eigenvalue weighted by molar-refractivity contribution is -0.139. The Morgan fingerprint density at radius 3 is 2.24 bits per heavy atom. The van der Waals surface area contributed by atoms with E-state index in [9.17, 15) is 14.4 Å². The Kier molecular flexibility index (Phi) is 7.38. The van der Waals surface area contributed by atoms with Gasteiger partial charge in [-0.15, -0.1) is 0 Å². The first-order valence-corrected chi connectivity index (χ1v) is 7.59. The lowest BCUT2D eigenvalue weighted by atomic mass is 10.0. The van der Waals surface area contributed by atoms with Crippen LogP contribution >= 0.6 is 0 Å². The molecule has 25 heavy (non-hydrogen) atoms. The Balaban J connectivity index is 2.77. The van der Waals surface area contributed by atoms with Gasteiger partial charge < -0.3 is 24.6 Å². The molecule has 1 aromatic carbocycles. The van der Waals surface area contributed by atoms with Crippen LogP contribution in [0, 0.1) is 0 Å². The first kappa shape index (κ1) is 20.4. The molecular formula is C17H23NO7. The standard InChI is InChI=1S/C17H23NO7/c1-17(2,3)25-16(22)18-13(9-23-4)15(21)11-5-7-12(8-6-11)24-10-14(19)20/h5-8,13H,9-10H2,1-4H3,(H,18,22)(H,19,20)/t13-/m0/s1. The van der Waals surface area contributed by atoms with E-state index < -0.39 is 30.3 Å². The number of aliphatic carboxylic acids is 1. The number of carboxylic acids is 1. The molecule has 0 unspecified atom stereocenters. The number of Topliss-reactive ketones (excluding diaryl/α,β-unsaturated/α-hetero) is 1. The van der Waals surface area contributed by atoms with Crippen LogP contribution in [0.15, 0.2) is 24.3 Å². The monoisotopic (exact) mass is 353 g/mol. The third-order valence-electron chi connectivity index (χ3n) is 2.84. The zero-order valence-electron chi connectivity index (χ0n) is 14.7. The lowest BCUT2D eigenvalue weighted by Gasteiger charge is -2.22. The summed E-state index contributed by atoms with van der Waals surface area (Å²) < 4.78 is 15.1. The number of amides is 1. The van der Waals surface area contributed by atoms with Crippen LogP contribution in [0.3, 0.4) is 0 Å². The summed E-state index contributed by atoms with van der Waals surface area (Å²) in [5.74, 6) is -1.14. The molecule has 1 rings (SSSR count). The number of alkyl carbamates (subject to hydrolysis) is 1. The number of ether oxygens (including phenoxy) is 3. The largest absolute Gasteiger partial charge is 0.482 e. The first-order valence-electron chi connectivity index (χ1n) is 7.59. The second kappa shape index (κ2) is 9.03. The third kappa shape index (κ3) is 7.67. The van der Waals surface area contributed by atoms with Crippen molar-refractivity contribution < 1.29 is 33.7 Å². The second-order valence-corrected chi connectivity index (χ2v) is 6.23. The smallest absolute Gasteiger partial charge is 0.408 e. The maximum atomic E-state index is 12.5. The number of hydrogen-bond acceptors (Lipinski definition) is 6. The number of ketones is 1. The molecule has 0 aliphatic rings. The summed E-state index contributed by atoms with van der Waals surface area (Å²) >= 11 is 0. The van der Waals surface area contributed by atoms with E-state index >= 15 is 0 Å². The fraction of sp³-hybridized carbons (Fsp3) is 0.471. The number of carbonyl (C=O) groups is 3. The molecule has 0 saturated heterocycles. The second-order valence-electron chi connectivity index (χ2n) is 6.23. The van der Waals surface area contributed by atoms with Gasteiger partial charge >= 0.3 is 12.1 Å². The first-order chi connectivity index (χ1) is 11.6. The van der Waals surface area contributed by atoms with E-state index in [4.69, 9.17) is 19.3 Å². The molecule has 8 nitrogen and oxygen atoms in total. The fourth-order valence-electron chi connectivity index (χ4n) is 1.86. The molecule has 0 heterocycles. The van der Waals surface area contributed by atoms with Crippen molar-refractivity contribution in [2.45, 2.75) is 32.4 Å². The summed E-state index contributed by atoms with van der Waals surface area (Å²) in [6.45, 7) is 4.66. The van der Waals surface area contributed by atoms with Crippen LogP contribution in [0.2, 0.25) is 0 Å². The predicted octanol–water partition coefficient (Wildman–Crippen LogP) is 1.87. The lowest BCUT2D eigenvalue weighted by Crippen LogP contribution is -2.46. The van der Waals surface area contributed by atoms with Gasteiger partial charge in [-0.25, -0.2) is 9.59 Å². The van der Waals surface area contributed by atoms with Gasteiger partial charge in [0.15, 0.2) is 12.4 Å². The van der Waals surface area contributed by atoms with Gasteiger partial charge in [-0.1, -0.05) is 0 Å². The average Bonchev–Trinajstić information content (AvgIpc) is 2.50. The highest BCUT2D eigenvalue weighted by molar-refractivity contribution is 6.01. The Morgan fingerprint density at radius 1 is 1.16 bits per heavy atom. The van der Waals surface area contributed by atoms with Gasteiger partial charge in [0.05, 0.1) is 6.61 Å². The number of carboxylic acid groups (broad SMARTS) is 1. The van der Waals surface area contributed by atoms with E-state index in [1.807, 2.05) is 0 Å². The number of carbonyl (C=O) groups excluding carboxylic acids is 2. The minimum absolute atomic E-state index is 0.0185. The summed E-state index contributed by atoms with van der Waals surface area (Å²) in [6.07, 6.45) is -0.718. The van der Waals surface area contributed by atoms with Crippen molar-refractivity contribution in [3.8, 4) is 5.75 Å². The number of benzene rings is 1. The molecule has 0 aliphatic heterocycles. The highest BCUT2D eigenvalue weighted by atomic mass is 16.6. The van der Waals surface area contributed by atoms with Crippen molar-refractivity contribution in [1.29, 1.82) is 0 Å². The highest BCUT2D eigenvalue weighted by Crippen LogP contribution is 2.14. The molecule has 0 aliphatic carbocycles. The number of nitrogens with one attached hydrogen (secondary N) is 1. The van der Waals surface area contributed by atoms with Crippen LogP contribution in [0.25, 0.3) is 0 Å². The molecule has 1 amide bonds. The topological polar surface area (TPSA) is 111 Å². The molecule has 2 N–H and O–H groups in total. The Morgan fingerprint density at radius 2 is 1.76 bits per heavy atom. The molecule has 1 atom stereocenters. The molecule has 0 spiro atoms. The summed E-state index contributed by atoms with van der Waals surface area (Å²) in [5, 5.41) is 11.1. The van der Waals surface area contributed by atoms with Crippen molar-refractivity contribution in [3.63, 3.8) is 0 Å². The molecule has 1 aromatic rings. The highest BCUT2D eigenvalue weighted by Gasteiger charge is 2.25. The van der Waals surface area contributed by atoms with Gasteiger partial charge in [0.25, 0.3) is 0 Å². The summed E-state index contributed by atoms with van der Waals surface area (Å²) in [6, 6.07) is 5.02. The van der Waals surface area contributed by atoms with E-state index in [-0.39, 0.29) is 12.4 Å². The van der Waals surface area contributed by atoms with Gasteiger partial charge in [0.2, 0.25) is 0 Å². The van der Waals surface area contributed by atoms with Crippen molar-refractivity contribution >= 4 is 17.8 Å². The maximum absolute atomic E-state index is 12.5. The van der Waals surface area contributed by atoms with Gasteiger partial charge in [-0.2, -0.15) is 0 Å². The van der Waals surface area contributed by atoms with Crippen LogP contribution in [0.1, 0.15) is 31.1 Å². The van der Waals surface area contributed by atoms with Crippen molar-refractivity contribution in [3.05, 3.63) is 29.8 Å². The van der Waals surface area contributed by atoms with Gasteiger partial charge in [0.1, 0.15) is 17.4 Å². The van der Waals surface area contributed by atoms with Crippen LogP contribution < -0.4 is 10.1 Å². The van der Waals surface area contributed by atoms with E-state index in [0.717, 1.165) is 0 Å². The molecule has 0 radical (unpaired) electrons. The van der Waals surface area contributed by atoms with Gasteiger partial charge in [-0.05, 0) is 45.0 Å². The maximum Gasteiger partial charge on any atom is 0.408 e. The Bertz CT molecular complexity index is 604. The summed E-state index contributed by atoms with van der Waals surface area (Å²) in [7, 11) is 1.42. The Hall–Kier alpha value is -2.61. The van der Waals surface area contributed by atoms with Crippen molar-refractivity contribution in [2.24, 2.45) is 0 Å². The molecule has 138 valence electrons. The van der Waals surface area contributed by atoms with Crippen LogP contribution in [0.4, 0.5) is 4.79 Å². The van der Waals surface area contributed by atoms with E-state index in [1.165, 1.54) is 31.4 Å². The predicted molar refractivity (Wildman–Crippen MR) is 88.9 cm³/mol. The molecule has 8 heteroatoms. The summed E-state index contributed by atoms with van der Waals surface area (Å²) in [4.78, 5) is 34.9. The van der Waals surface area contributed by atoms with E-state index in [2.05, 4.69) is 5.32 Å². The minimum atomic E-state index is -1.10. The normalized spacial score (nSPS) is 12.2. The average molecular weight is 353 g/mol. The zero-order valence-corrected chi connectivity index (χ0v) is 14.7. The molecular weight excluding hydrogens is 330 g/mol. The molecule has 0 fully saturated rings. The zero-order chi connectivity index (χ0) is 19.0. The SMILES string of the molecule is COC[C@H](NC(=O)OC(C)(C)C)C(=O)c1ccc(OCC(=O)O)cc1. The quantitative estimate of drug-likeness (QED) is 0.686. The van der Waals surface area contributed by atoms with Crippen molar-refractivity contribution in [2.75, 3.05) is 20.3 Å². The van der Waals surface area contributed by atoms with Crippen molar-refractivity contribution in [1.82, 2.24) is 5.32 Å². The fourth-order valence-corrected chi connectivity index (χ4v) is 1.86. The van der Waals surface area contributed by atoms with Gasteiger partial charge in [-0.3, -0.25) is 4.79 Å².